The average molecular weight is 349 g/mol. The second kappa shape index (κ2) is 6.48. The van der Waals surface area contributed by atoms with E-state index >= 15 is 0 Å². The Hall–Kier alpha value is -1.55. The lowest BCUT2D eigenvalue weighted by Crippen LogP contribution is -2.33. The Bertz CT molecular complexity index is 646. The molecular formula is C17H21BrN2O. The molecule has 3 nitrogen and oxygen atoms in total. The van der Waals surface area contributed by atoms with E-state index in [-0.39, 0.29) is 11.9 Å². The number of rotatable bonds is 4. The monoisotopic (exact) mass is 348 g/mol. The molecule has 0 unspecified atom stereocenters. The molecule has 0 N–H and O–H groups in total. The number of aryl methyl sites for hydroxylation is 1. The second-order valence-corrected chi connectivity index (χ2v) is 6.30. The third-order valence-corrected chi connectivity index (χ3v) is 3.99. The standard InChI is InChI=1S/C17H21BrN2O/c1-5-19(15-9-7-6-8-13(15)4)17(21)16-10-14(18)11-20(16)12(2)3/h6-12H,5H2,1-4H3. The lowest BCUT2D eigenvalue weighted by molar-refractivity contribution is 0.0978. The Morgan fingerprint density at radius 2 is 2.00 bits per heavy atom. The summed E-state index contributed by atoms with van der Waals surface area (Å²) in [4.78, 5) is 14.8. The normalized spacial score (nSPS) is 11.0. The third-order valence-electron chi connectivity index (χ3n) is 3.56. The quantitative estimate of drug-likeness (QED) is 0.778. The van der Waals surface area contributed by atoms with E-state index in [1.54, 1.807) is 0 Å². The number of benzene rings is 1. The van der Waals surface area contributed by atoms with Crippen LogP contribution in [0.15, 0.2) is 41.0 Å². The number of anilines is 1. The van der Waals surface area contributed by atoms with Crippen LogP contribution in [0.4, 0.5) is 5.69 Å². The summed E-state index contributed by atoms with van der Waals surface area (Å²) in [5, 5.41) is 0. The third kappa shape index (κ3) is 3.21. The van der Waals surface area contributed by atoms with Crippen LogP contribution >= 0.6 is 15.9 Å². The van der Waals surface area contributed by atoms with Crippen molar-refractivity contribution in [3.8, 4) is 0 Å². The molecule has 0 saturated heterocycles. The zero-order valence-electron chi connectivity index (χ0n) is 12.9. The second-order valence-electron chi connectivity index (χ2n) is 5.38. The Morgan fingerprint density at radius 1 is 1.33 bits per heavy atom. The molecule has 0 aliphatic heterocycles. The molecule has 0 saturated carbocycles. The van der Waals surface area contributed by atoms with E-state index in [4.69, 9.17) is 0 Å². The average Bonchev–Trinajstić information content (AvgIpc) is 2.84. The summed E-state index contributed by atoms with van der Waals surface area (Å²) in [6, 6.07) is 10.1. The maximum atomic E-state index is 13.0. The number of amides is 1. The van der Waals surface area contributed by atoms with E-state index in [0.717, 1.165) is 15.7 Å². The molecule has 21 heavy (non-hydrogen) atoms. The molecule has 0 fully saturated rings. The van der Waals surface area contributed by atoms with Crippen LogP contribution in [0, 0.1) is 6.92 Å². The number of aromatic nitrogens is 1. The number of para-hydroxylation sites is 1. The summed E-state index contributed by atoms with van der Waals surface area (Å²) in [7, 11) is 0. The predicted octanol–water partition coefficient (Wildman–Crippen LogP) is 4.81. The number of halogens is 1. The molecular weight excluding hydrogens is 328 g/mol. The van der Waals surface area contributed by atoms with Crippen LogP contribution in [0.2, 0.25) is 0 Å². The summed E-state index contributed by atoms with van der Waals surface area (Å²) in [6.07, 6.45) is 1.96. The lowest BCUT2D eigenvalue weighted by Gasteiger charge is -2.24. The van der Waals surface area contributed by atoms with Crippen LogP contribution in [0.25, 0.3) is 0 Å². The first-order valence-corrected chi connectivity index (χ1v) is 7.99. The van der Waals surface area contributed by atoms with Gasteiger partial charge in [-0.25, -0.2) is 0 Å². The highest BCUT2D eigenvalue weighted by molar-refractivity contribution is 9.10. The van der Waals surface area contributed by atoms with Gasteiger partial charge in [-0.3, -0.25) is 4.79 Å². The minimum atomic E-state index is 0.0335. The zero-order chi connectivity index (χ0) is 15.6. The molecule has 1 aromatic carbocycles. The summed E-state index contributed by atoms with van der Waals surface area (Å²) < 4.78 is 2.94. The minimum absolute atomic E-state index is 0.0335. The van der Waals surface area contributed by atoms with E-state index in [0.29, 0.717) is 12.2 Å². The molecule has 0 aliphatic rings. The van der Waals surface area contributed by atoms with Crippen molar-refractivity contribution in [1.82, 2.24) is 4.57 Å². The molecule has 0 radical (unpaired) electrons. The van der Waals surface area contributed by atoms with Crippen LogP contribution in [-0.2, 0) is 0 Å². The van der Waals surface area contributed by atoms with Gasteiger partial charge in [-0.05, 0) is 61.3 Å². The van der Waals surface area contributed by atoms with Crippen LogP contribution in [0.3, 0.4) is 0 Å². The Morgan fingerprint density at radius 3 is 2.57 bits per heavy atom. The Kier molecular flexibility index (Phi) is 4.88. The highest BCUT2D eigenvalue weighted by Gasteiger charge is 2.22. The number of carbonyl (C=O) groups is 1. The van der Waals surface area contributed by atoms with Gasteiger partial charge in [0.1, 0.15) is 5.69 Å². The molecule has 0 spiro atoms. The van der Waals surface area contributed by atoms with Crippen molar-refractivity contribution >= 4 is 27.5 Å². The van der Waals surface area contributed by atoms with E-state index in [1.807, 2.05) is 59.8 Å². The van der Waals surface area contributed by atoms with Crippen molar-refractivity contribution in [2.24, 2.45) is 0 Å². The number of carbonyl (C=O) groups excluding carboxylic acids is 1. The molecule has 2 aromatic rings. The van der Waals surface area contributed by atoms with E-state index < -0.39 is 0 Å². The topological polar surface area (TPSA) is 25.2 Å². The largest absolute Gasteiger partial charge is 0.340 e. The van der Waals surface area contributed by atoms with E-state index in [1.165, 1.54) is 0 Å². The first-order valence-electron chi connectivity index (χ1n) is 7.20. The minimum Gasteiger partial charge on any atom is -0.340 e. The van der Waals surface area contributed by atoms with Gasteiger partial charge in [0, 0.05) is 28.9 Å². The van der Waals surface area contributed by atoms with Crippen LogP contribution < -0.4 is 4.90 Å². The molecule has 1 amide bonds. The lowest BCUT2D eigenvalue weighted by atomic mass is 10.1. The fourth-order valence-electron chi connectivity index (χ4n) is 2.47. The van der Waals surface area contributed by atoms with Crippen molar-refractivity contribution in [2.75, 3.05) is 11.4 Å². The Labute approximate surface area is 134 Å². The predicted molar refractivity (Wildman–Crippen MR) is 91.0 cm³/mol. The van der Waals surface area contributed by atoms with Gasteiger partial charge in [-0.2, -0.15) is 0 Å². The molecule has 0 aliphatic carbocycles. The fraction of sp³-hybridized carbons (Fsp3) is 0.353. The van der Waals surface area contributed by atoms with Crippen LogP contribution in [0.5, 0.6) is 0 Å². The number of nitrogens with zero attached hydrogens (tertiary/aromatic N) is 2. The fourth-order valence-corrected chi connectivity index (χ4v) is 2.91. The first-order chi connectivity index (χ1) is 9.95. The molecule has 2 rings (SSSR count). The SMILES string of the molecule is CCN(C(=O)c1cc(Br)cn1C(C)C)c1ccccc1C. The van der Waals surface area contributed by atoms with Crippen LogP contribution in [-0.4, -0.2) is 17.0 Å². The molecule has 0 bridgehead atoms. The van der Waals surface area contributed by atoms with Gasteiger partial charge >= 0.3 is 0 Å². The maximum Gasteiger partial charge on any atom is 0.274 e. The van der Waals surface area contributed by atoms with Gasteiger partial charge in [0.15, 0.2) is 0 Å². The van der Waals surface area contributed by atoms with Crippen molar-refractivity contribution in [1.29, 1.82) is 0 Å². The summed E-state index contributed by atoms with van der Waals surface area (Å²) in [5.74, 6) is 0.0335. The first kappa shape index (κ1) is 15.8. The summed E-state index contributed by atoms with van der Waals surface area (Å²) in [6.45, 7) is 8.83. The van der Waals surface area contributed by atoms with Crippen molar-refractivity contribution in [2.45, 2.75) is 33.7 Å². The number of hydrogen-bond acceptors (Lipinski definition) is 1. The Balaban J connectivity index is 2.44. The van der Waals surface area contributed by atoms with Gasteiger partial charge in [0.05, 0.1) is 0 Å². The van der Waals surface area contributed by atoms with Crippen molar-refractivity contribution in [3.05, 3.63) is 52.3 Å². The zero-order valence-corrected chi connectivity index (χ0v) is 14.5. The molecule has 4 heteroatoms. The van der Waals surface area contributed by atoms with Crippen molar-refractivity contribution in [3.63, 3.8) is 0 Å². The molecule has 1 aromatic heterocycles. The summed E-state index contributed by atoms with van der Waals surface area (Å²) in [5.41, 5.74) is 2.79. The highest BCUT2D eigenvalue weighted by atomic mass is 79.9. The number of hydrogen-bond donors (Lipinski definition) is 0. The molecule has 112 valence electrons. The smallest absolute Gasteiger partial charge is 0.274 e. The van der Waals surface area contributed by atoms with Gasteiger partial charge in [0.2, 0.25) is 0 Å². The van der Waals surface area contributed by atoms with E-state index in [2.05, 4.69) is 29.8 Å². The highest BCUT2D eigenvalue weighted by Crippen LogP contribution is 2.25. The van der Waals surface area contributed by atoms with Gasteiger partial charge < -0.3 is 9.47 Å². The van der Waals surface area contributed by atoms with Gasteiger partial charge in [-0.1, -0.05) is 18.2 Å². The van der Waals surface area contributed by atoms with Crippen molar-refractivity contribution < 1.29 is 4.79 Å². The molecule has 0 atom stereocenters. The van der Waals surface area contributed by atoms with Crippen LogP contribution in [0.1, 0.15) is 42.9 Å². The van der Waals surface area contributed by atoms with Gasteiger partial charge in [0.25, 0.3) is 5.91 Å². The molecule has 1 heterocycles. The van der Waals surface area contributed by atoms with E-state index in [9.17, 15) is 4.79 Å². The maximum absolute atomic E-state index is 13.0. The van der Waals surface area contributed by atoms with Gasteiger partial charge in [-0.15, -0.1) is 0 Å². The summed E-state index contributed by atoms with van der Waals surface area (Å²) >= 11 is 3.47.